The molecule has 7 nitrogen and oxygen atoms in total. The van der Waals surface area contributed by atoms with E-state index in [-0.39, 0.29) is 19.4 Å². The zero-order chi connectivity index (χ0) is 15.8. The van der Waals surface area contributed by atoms with Crippen molar-refractivity contribution in [2.24, 2.45) is 0 Å². The molecule has 0 spiro atoms. The topological polar surface area (TPSA) is 104 Å². The highest BCUT2D eigenvalue weighted by Crippen LogP contribution is 2.09. The van der Waals surface area contributed by atoms with Crippen LogP contribution in [0.25, 0.3) is 0 Å². The molecule has 0 aliphatic rings. The third-order valence-electron chi connectivity index (χ3n) is 2.88. The van der Waals surface area contributed by atoms with E-state index < -0.39 is 24.1 Å². The molecule has 7 heteroatoms. The number of hydrogen-bond acceptors (Lipinski definition) is 4. The van der Waals surface area contributed by atoms with Crippen molar-refractivity contribution in [1.29, 1.82) is 0 Å². The molecule has 1 aromatic carbocycles. The number of carboxylic acids is 2. The number of carbonyl (C=O) groups excluding carboxylic acids is 1. The number of hydrogen-bond donors (Lipinski definition) is 2. The Morgan fingerprint density at radius 3 is 2.33 bits per heavy atom. The highest BCUT2D eigenvalue weighted by atomic mass is 16.6. The predicted octanol–water partition coefficient (Wildman–Crippen LogP) is 1.57. The molecule has 0 fully saturated rings. The maximum Gasteiger partial charge on any atom is 0.410 e. The summed E-state index contributed by atoms with van der Waals surface area (Å²) in [5.41, 5.74) is 0.775. The Kier molecular flexibility index (Phi) is 6.19. The van der Waals surface area contributed by atoms with Gasteiger partial charge in [-0.1, -0.05) is 30.3 Å². The highest BCUT2D eigenvalue weighted by molar-refractivity contribution is 5.80. The Morgan fingerprint density at radius 2 is 1.81 bits per heavy atom. The second-order valence-electron chi connectivity index (χ2n) is 4.44. The number of carbonyl (C=O) groups is 3. The van der Waals surface area contributed by atoms with E-state index in [0.717, 1.165) is 10.5 Å². The first-order valence-electron chi connectivity index (χ1n) is 6.30. The van der Waals surface area contributed by atoms with Gasteiger partial charge in [0.25, 0.3) is 0 Å². The van der Waals surface area contributed by atoms with E-state index in [1.54, 1.807) is 24.3 Å². The van der Waals surface area contributed by atoms with Gasteiger partial charge < -0.3 is 14.9 Å². The first kappa shape index (κ1) is 16.5. The lowest BCUT2D eigenvalue weighted by atomic mass is 10.1. The van der Waals surface area contributed by atoms with E-state index in [0.29, 0.717) is 0 Å². The molecule has 0 aromatic heterocycles. The molecule has 0 radical (unpaired) electrons. The lowest BCUT2D eigenvalue weighted by Crippen LogP contribution is -2.42. The average molecular weight is 295 g/mol. The van der Waals surface area contributed by atoms with Gasteiger partial charge in [-0.25, -0.2) is 9.59 Å². The van der Waals surface area contributed by atoms with Gasteiger partial charge in [0, 0.05) is 13.5 Å². The van der Waals surface area contributed by atoms with Crippen LogP contribution in [0.5, 0.6) is 0 Å². The molecule has 0 aliphatic heterocycles. The van der Waals surface area contributed by atoms with Crippen LogP contribution in [0.4, 0.5) is 4.79 Å². The molecule has 0 aliphatic carbocycles. The molecule has 1 unspecified atom stereocenters. The molecular weight excluding hydrogens is 278 g/mol. The first-order valence-corrected chi connectivity index (χ1v) is 6.30. The maximum atomic E-state index is 11.8. The quantitative estimate of drug-likeness (QED) is 0.791. The van der Waals surface area contributed by atoms with Crippen LogP contribution in [0, 0.1) is 0 Å². The summed E-state index contributed by atoms with van der Waals surface area (Å²) >= 11 is 0. The van der Waals surface area contributed by atoms with Crippen molar-refractivity contribution in [3.05, 3.63) is 35.9 Å². The molecule has 1 rings (SSSR count). The molecule has 114 valence electrons. The minimum absolute atomic E-state index is 0.0231. The van der Waals surface area contributed by atoms with Crippen LogP contribution in [-0.2, 0) is 20.9 Å². The Morgan fingerprint density at radius 1 is 1.19 bits per heavy atom. The summed E-state index contributed by atoms with van der Waals surface area (Å²) < 4.78 is 5.00. The van der Waals surface area contributed by atoms with E-state index in [1.165, 1.54) is 7.05 Å². The third-order valence-corrected chi connectivity index (χ3v) is 2.88. The minimum Gasteiger partial charge on any atom is -0.481 e. The molecule has 21 heavy (non-hydrogen) atoms. The predicted molar refractivity (Wildman–Crippen MR) is 72.7 cm³/mol. The van der Waals surface area contributed by atoms with Crippen LogP contribution in [0.1, 0.15) is 18.4 Å². The number of nitrogens with zero attached hydrogens (tertiary/aromatic N) is 1. The maximum absolute atomic E-state index is 11.8. The SMILES string of the molecule is CN(C(=O)OCc1ccccc1)C(CCC(=O)O)C(=O)O. The summed E-state index contributed by atoms with van der Waals surface area (Å²) in [6.45, 7) is 0.0231. The van der Waals surface area contributed by atoms with E-state index in [9.17, 15) is 14.4 Å². The molecule has 1 amide bonds. The van der Waals surface area contributed by atoms with Gasteiger partial charge in [0.2, 0.25) is 0 Å². The molecule has 0 heterocycles. The van der Waals surface area contributed by atoms with Crippen molar-refractivity contribution in [3.8, 4) is 0 Å². The van der Waals surface area contributed by atoms with Crippen LogP contribution >= 0.6 is 0 Å². The Hall–Kier alpha value is -2.57. The number of carboxylic acid groups (broad SMARTS) is 2. The molecule has 0 saturated carbocycles. The van der Waals surface area contributed by atoms with Crippen molar-refractivity contribution in [2.45, 2.75) is 25.5 Å². The van der Waals surface area contributed by atoms with Gasteiger partial charge in [-0.3, -0.25) is 9.69 Å². The normalized spacial score (nSPS) is 11.5. The van der Waals surface area contributed by atoms with Crippen LogP contribution in [-0.4, -0.2) is 46.2 Å². The van der Waals surface area contributed by atoms with Gasteiger partial charge in [-0.2, -0.15) is 0 Å². The fraction of sp³-hybridized carbons (Fsp3) is 0.357. The van der Waals surface area contributed by atoms with Crippen molar-refractivity contribution in [3.63, 3.8) is 0 Å². The molecule has 1 atom stereocenters. The summed E-state index contributed by atoms with van der Waals surface area (Å²) in [7, 11) is 1.27. The van der Waals surface area contributed by atoms with Gasteiger partial charge in [0.05, 0.1) is 0 Å². The average Bonchev–Trinajstić information content (AvgIpc) is 2.45. The fourth-order valence-electron chi connectivity index (χ4n) is 1.69. The summed E-state index contributed by atoms with van der Waals surface area (Å²) in [6.07, 6.45) is -1.33. The number of amides is 1. The zero-order valence-electron chi connectivity index (χ0n) is 11.6. The number of ether oxygens (including phenoxy) is 1. The second kappa shape index (κ2) is 7.88. The fourth-order valence-corrected chi connectivity index (χ4v) is 1.69. The van der Waals surface area contributed by atoms with Crippen LogP contribution in [0.2, 0.25) is 0 Å². The molecule has 0 bridgehead atoms. The number of benzene rings is 1. The molecule has 0 saturated heterocycles. The smallest absolute Gasteiger partial charge is 0.410 e. The Balaban J connectivity index is 2.57. The number of likely N-dealkylation sites (N-methyl/N-ethyl adjacent to an activating group) is 1. The van der Waals surface area contributed by atoms with Gasteiger partial charge >= 0.3 is 18.0 Å². The highest BCUT2D eigenvalue weighted by Gasteiger charge is 2.28. The van der Waals surface area contributed by atoms with Crippen molar-refractivity contribution < 1.29 is 29.3 Å². The Bertz CT molecular complexity index is 501. The van der Waals surface area contributed by atoms with Crippen molar-refractivity contribution >= 4 is 18.0 Å². The Labute approximate surface area is 121 Å². The van der Waals surface area contributed by atoms with Crippen molar-refractivity contribution in [1.82, 2.24) is 4.90 Å². The van der Waals surface area contributed by atoms with Crippen LogP contribution < -0.4 is 0 Å². The molecule has 2 N–H and O–H groups in total. The van der Waals surface area contributed by atoms with E-state index >= 15 is 0 Å². The minimum atomic E-state index is -1.27. The zero-order valence-corrected chi connectivity index (χ0v) is 11.6. The molecular formula is C14H17NO6. The monoisotopic (exact) mass is 295 g/mol. The van der Waals surface area contributed by atoms with Gasteiger partial charge in [0.1, 0.15) is 12.6 Å². The summed E-state index contributed by atoms with van der Waals surface area (Å²) in [5.74, 6) is -2.39. The second-order valence-corrected chi connectivity index (χ2v) is 4.44. The van der Waals surface area contributed by atoms with Gasteiger partial charge in [-0.05, 0) is 12.0 Å². The summed E-state index contributed by atoms with van der Waals surface area (Å²) in [4.78, 5) is 34.3. The van der Waals surface area contributed by atoms with E-state index in [4.69, 9.17) is 14.9 Å². The van der Waals surface area contributed by atoms with E-state index in [1.807, 2.05) is 6.07 Å². The van der Waals surface area contributed by atoms with Crippen molar-refractivity contribution in [2.75, 3.05) is 7.05 Å². The number of rotatable bonds is 7. The number of aliphatic carboxylic acids is 2. The van der Waals surface area contributed by atoms with Gasteiger partial charge in [-0.15, -0.1) is 0 Å². The summed E-state index contributed by atoms with van der Waals surface area (Å²) in [5, 5.41) is 17.6. The lowest BCUT2D eigenvalue weighted by Gasteiger charge is -2.23. The summed E-state index contributed by atoms with van der Waals surface area (Å²) in [6, 6.07) is 7.71. The van der Waals surface area contributed by atoms with E-state index in [2.05, 4.69) is 0 Å². The standard InChI is InChI=1S/C14H17NO6/c1-15(11(13(18)19)7-8-12(16)17)14(20)21-9-10-5-3-2-4-6-10/h2-6,11H,7-9H2,1H3,(H,16,17)(H,18,19). The van der Waals surface area contributed by atoms with Crippen LogP contribution in [0.15, 0.2) is 30.3 Å². The lowest BCUT2D eigenvalue weighted by molar-refractivity contribution is -0.143. The third kappa shape index (κ3) is 5.52. The van der Waals surface area contributed by atoms with Gasteiger partial charge in [0.15, 0.2) is 0 Å². The first-order chi connectivity index (χ1) is 9.91. The molecule has 1 aromatic rings. The van der Waals surface area contributed by atoms with Crippen LogP contribution in [0.3, 0.4) is 0 Å². The largest absolute Gasteiger partial charge is 0.481 e.